The zero-order chi connectivity index (χ0) is 12.4. The number of benzene rings is 2. The van der Waals surface area contributed by atoms with Crippen LogP contribution in [0, 0.1) is 0 Å². The van der Waals surface area contributed by atoms with Crippen LogP contribution < -0.4 is 5.73 Å². The molecule has 1 nitrogen and oxygen atoms in total. The minimum absolute atomic E-state index is 0. The molecule has 2 N–H and O–H groups in total. The quantitative estimate of drug-likeness (QED) is 0.882. The van der Waals surface area contributed by atoms with Crippen LogP contribution in [-0.4, -0.2) is 6.04 Å². The Morgan fingerprint density at radius 2 is 1.32 bits per heavy atom. The van der Waals surface area contributed by atoms with Gasteiger partial charge in [-0.15, -0.1) is 12.4 Å². The number of nitrogens with two attached hydrogens (primary N) is 1. The van der Waals surface area contributed by atoms with E-state index in [-0.39, 0.29) is 17.8 Å². The van der Waals surface area contributed by atoms with Crippen molar-refractivity contribution in [2.75, 3.05) is 0 Å². The fraction of sp³-hybridized carbons (Fsp3) is 0.294. The fourth-order valence-corrected chi connectivity index (χ4v) is 3.29. The molecule has 2 aromatic rings. The summed E-state index contributed by atoms with van der Waals surface area (Å²) >= 11 is 0. The summed E-state index contributed by atoms with van der Waals surface area (Å²) in [4.78, 5) is 0. The van der Waals surface area contributed by atoms with E-state index in [9.17, 15) is 0 Å². The molecule has 0 spiro atoms. The molecule has 1 atom stereocenters. The monoisotopic (exact) mass is 273 g/mol. The normalized spacial score (nSPS) is 20.8. The first-order chi connectivity index (χ1) is 8.81. The van der Waals surface area contributed by atoms with Crippen LogP contribution in [0.4, 0.5) is 0 Å². The van der Waals surface area contributed by atoms with Crippen LogP contribution in [0.25, 0.3) is 0 Å². The molecular formula is C17H20ClN. The molecule has 1 fully saturated rings. The molecule has 2 aromatic carbocycles. The predicted molar refractivity (Wildman–Crippen MR) is 82.7 cm³/mol. The second-order valence-corrected chi connectivity index (χ2v) is 5.32. The zero-order valence-corrected chi connectivity index (χ0v) is 11.8. The highest BCUT2D eigenvalue weighted by Gasteiger charge is 2.40. The van der Waals surface area contributed by atoms with E-state index in [1.807, 2.05) is 0 Å². The number of halogens is 1. The second kappa shape index (κ2) is 5.77. The first kappa shape index (κ1) is 14.1. The zero-order valence-electron chi connectivity index (χ0n) is 11.0. The van der Waals surface area contributed by atoms with Crippen molar-refractivity contribution in [3.05, 3.63) is 71.8 Å². The van der Waals surface area contributed by atoms with Gasteiger partial charge in [0, 0.05) is 11.5 Å². The van der Waals surface area contributed by atoms with Gasteiger partial charge in [-0.05, 0) is 30.4 Å². The molecular weight excluding hydrogens is 254 g/mol. The summed E-state index contributed by atoms with van der Waals surface area (Å²) < 4.78 is 0. The summed E-state index contributed by atoms with van der Waals surface area (Å²) in [5.41, 5.74) is 9.13. The first-order valence-electron chi connectivity index (χ1n) is 6.68. The third kappa shape index (κ3) is 2.54. The number of hydrogen-bond donors (Lipinski definition) is 1. The Kier molecular flexibility index (Phi) is 4.28. The Hall–Kier alpha value is -1.31. The molecule has 19 heavy (non-hydrogen) atoms. The van der Waals surface area contributed by atoms with Crippen molar-refractivity contribution in [3.8, 4) is 0 Å². The van der Waals surface area contributed by atoms with E-state index >= 15 is 0 Å². The standard InChI is InChI=1S/C17H19N.ClH/c18-16-11-12-17(13-16,14-7-3-1-4-8-14)15-9-5-2-6-10-15;/h1-10,16H,11-13,18H2;1H. The maximum absolute atomic E-state index is 6.19. The van der Waals surface area contributed by atoms with Crippen LogP contribution in [0.15, 0.2) is 60.7 Å². The Bertz CT molecular complexity index is 470. The van der Waals surface area contributed by atoms with Crippen LogP contribution in [-0.2, 0) is 5.41 Å². The summed E-state index contributed by atoms with van der Waals surface area (Å²) in [5, 5.41) is 0. The molecule has 1 saturated carbocycles. The average molecular weight is 274 g/mol. The summed E-state index contributed by atoms with van der Waals surface area (Å²) in [7, 11) is 0. The van der Waals surface area contributed by atoms with E-state index in [0.717, 1.165) is 19.3 Å². The molecule has 0 heterocycles. The maximum atomic E-state index is 6.19. The lowest BCUT2D eigenvalue weighted by Gasteiger charge is -2.30. The fourth-order valence-electron chi connectivity index (χ4n) is 3.29. The minimum Gasteiger partial charge on any atom is -0.328 e. The van der Waals surface area contributed by atoms with Gasteiger partial charge in [0.15, 0.2) is 0 Å². The molecule has 0 aromatic heterocycles. The van der Waals surface area contributed by atoms with Gasteiger partial charge in [0.05, 0.1) is 0 Å². The van der Waals surface area contributed by atoms with Crippen LogP contribution in [0.1, 0.15) is 30.4 Å². The third-order valence-electron chi connectivity index (χ3n) is 4.21. The summed E-state index contributed by atoms with van der Waals surface area (Å²) in [6.07, 6.45) is 3.33. The maximum Gasteiger partial charge on any atom is 0.0218 e. The van der Waals surface area contributed by atoms with Crippen molar-refractivity contribution in [2.45, 2.75) is 30.7 Å². The smallest absolute Gasteiger partial charge is 0.0218 e. The van der Waals surface area contributed by atoms with Crippen LogP contribution in [0.2, 0.25) is 0 Å². The molecule has 0 bridgehead atoms. The van der Waals surface area contributed by atoms with E-state index < -0.39 is 0 Å². The Morgan fingerprint density at radius 3 is 1.68 bits per heavy atom. The van der Waals surface area contributed by atoms with E-state index in [1.165, 1.54) is 11.1 Å². The average Bonchev–Trinajstić information content (AvgIpc) is 2.84. The number of rotatable bonds is 2. The van der Waals surface area contributed by atoms with Crippen molar-refractivity contribution >= 4 is 12.4 Å². The largest absolute Gasteiger partial charge is 0.328 e. The molecule has 1 unspecified atom stereocenters. The van der Waals surface area contributed by atoms with Gasteiger partial charge in [-0.25, -0.2) is 0 Å². The van der Waals surface area contributed by atoms with Gasteiger partial charge < -0.3 is 5.73 Å². The molecule has 3 rings (SSSR count). The van der Waals surface area contributed by atoms with Crippen molar-refractivity contribution in [3.63, 3.8) is 0 Å². The highest BCUT2D eigenvalue weighted by molar-refractivity contribution is 5.85. The van der Waals surface area contributed by atoms with E-state index in [2.05, 4.69) is 60.7 Å². The summed E-state index contributed by atoms with van der Waals surface area (Å²) in [6, 6.07) is 22.0. The van der Waals surface area contributed by atoms with E-state index in [4.69, 9.17) is 5.73 Å². The summed E-state index contributed by atoms with van der Waals surface area (Å²) in [6.45, 7) is 0. The SMILES string of the molecule is Cl.NC1CCC(c2ccccc2)(c2ccccc2)C1. The molecule has 0 radical (unpaired) electrons. The highest BCUT2D eigenvalue weighted by atomic mass is 35.5. The number of hydrogen-bond acceptors (Lipinski definition) is 1. The van der Waals surface area contributed by atoms with Gasteiger partial charge in [-0.2, -0.15) is 0 Å². The summed E-state index contributed by atoms with van der Waals surface area (Å²) in [5.74, 6) is 0. The highest BCUT2D eigenvalue weighted by Crippen LogP contribution is 2.45. The van der Waals surface area contributed by atoms with Crippen molar-refractivity contribution in [1.29, 1.82) is 0 Å². The van der Waals surface area contributed by atoms with Gasteiger partial charge in [0.2, 0.25) is 0 Å². The van der Waals surface area contributed by atoms with Gasteiger partial charge in [-0.1, -0.05) is 60.7 Å². The van der Waals surface area contributed by atoms with Gasteiger partial charge in [0.1, 0.15) is 0 Å². The molecule has 0 amide bonds. The Labute approximate surface area is 121 Å². The van der Waals surface area contributed by atoms with Crippen molar-refractivity contribution in [2.24, 2.45) is 5.73 Å². The minimum atomic E-state index is 0. The van der Waals surface area contributed by atoms with E-state index in [0.29, 0.717) is 6.04 Å². The van der Waals surface area contributed by atoms with Crippen LogP contribution in [0.5, 0.6) is 0 Å². The topological polar surface area (TPSA) is 26.0 Å². The van der Waals surface area contributed by atoms with Gasteiger partial charge in [0.25, 0.3) is 0 Å². The Balaban J connectivity index is 0.00000133. The Morgan fingerprint density at radius 1 is 0.842 bits per heavy atom. The van der Waals surface area contributed by atoms with Crippen LogP contribution in [0.3, 0.4) is 0 Å². The van der Waals surface area contributed by atoms with Gasteiger partial charge >= 0.3 is 0 Å². The lowest BCUT2D eigenvalue weighted by Crippen LogP contribution is -2.27. The molecule has 1 aliphatic carbocycles. The van der Waals surface area contributed by atoms with Crippen molar-refractivity contribution in [1.82, 2.24) is 0 Å². The lowest BCUT2D eigenvalue weighted by molar-refractivity contribution is 0.524. The van der Waals surface area contributed by atoms with Crippen molar-refractivity contribution < 1.29 is 0 Å². The van der Waals surface area contributed by atoms with Gasteiger partial charge in [-0.3, -0.25) is 0 Å². The molecule has 1 aliphatic rings. The second-order valence-electron chi connectivity index (χ2n) is 5.32. The first-order valence-corrected chi connectivity index (χ1v) is 6.68. The van der Waals surface area contributed by atoms with E-state index in [1.54, 1.807) is 0 Å². The molecule has 0 aliphatic heterocycles. The predicted octanol–water partition coefficient (Wildman–Crippen LogP) is 3.91. The molecule has 2 heteroatoms. The molecule has 100 valence electrons. The lowest BCUT2D eigenvalue weighted by atomic mass is 9.73. The third-order valence-corrected chi connectivity index (χ3v) is 4.21. The van der Waals surface area contributed by atoms with Crippen LogP contribution >= 0.6 is 12.4 Å². The molecule has 0 saturated heterocycles.